The van der Waals surface area contributed by atoms with Crippen LogP contribution in [0.25, 0.3) is 0 Å². The van der Waals surface area contributed by atoms with E-state index >= 15 is 0 Å². The van der Waals surface area contributed by atoms with Crippen molar-refractivity contribution < 1.29 is 25.2 Å². The third kappa shape index (κ3) is 25.5. The van der Waals surface area contributed by atoms with Gasteiger partial charge < -0.3 is 25.7 Å². The van der Waals surface area contributed by atoms with Gasteiger partial charge in [-0.25, -0.2) is 0 Å². The molecule has 0 saturated carbocycles. The van der Waals surface area contributed by atoms with Crippen LogP contribution in [0.5, 0.6) is 0 Å². The third-order valence-electron chi connectivity index (χ3n) is 8.48. The van der Waals surface area contributed by atoms with Crippen molar-refractivity contribution in [2.75, 3.05) is 6.61 Å². The molecule has 0 aromatic rings. The summed E-state index contributed by atoms with van der Waals surface area (Å²) in [6.45, 7) is 4.00. The summed E-state index contributed by atoms with van der Waals surface area (Å²) in [7, 11) is 0. The number of unbranched alkanes of at least 4 members (excludes halogenated alkanes) is 21. The summed E-state index contributed by atoms with van der Waals surface area (Å²) in [5.41, 5.74) is 0. The Morgan fingerprint density at radius 3 is 1.38 bits per heavy atom. The second kappa shape index (κ2) is 31.5. The van der Waals surface area contributed by atoms with E-state index in [1.807, 2.05) is 0 Å². The lowest BCUT2D eigenvalue weighted by Gasteiger charge is -2.27. The van der Waals surface area contributed by atoms with Crippen molar-refractivity contribution in [1.82, 2.24) is 5.32 Å². The molecule has 0 fully saturated rings. The maximum Gasteiger partial charge on any atom is 0.249 e. The number of rotatable bonds is 32. The summed E-state index contributed by atoms with van der Waals surface area (Å²) in [5.74, 6) is -0.595. The normalized spacial score (nSPS) is 14.7. The van der Waals surface area contributed by atoms with E-state index in [-0.39, 0.29) is 0 Å². The Morgan fingerprint density at radius 1 is 0.571 bits per heavy atom. The number of amides is 1. The van der Waals surface area contributed by atoms with Gasteiger partial charge >= 0.3 is 0 Å². The molecular weight excluding hydrogens is 526 g/mol. The molecule has 0 aliphatic heterocycles. The van der Waals surface area contributed by atoms with Gasteiger partial charge in [-0.05, 0) is 38.5 Å². The summed E-state index contributed by atoms with van der Waals surface area (Å²) in [5, 5.41) is 43.3. The molecule has 4 unspecified atom stereocenters. The number of nitrogens with one attached hydrogen (secondary N) is 1. The quantitative estimate of drug-likeness (QED) is 0.0396. The van der Waals surface area contributed by atoms with Gasteiger partial charge in [-0.3, -0.25) is 4.79 Å². The summed E-state index contributed by atoms with van der Waals surface area (Å²) in [4.78, 5) is 12.4. The molecule has 0 aliphatic rings. The fourth-order valence-corrected chi connectivity index (χ4v) is 5.51. The number of aliphatic hydroxyl groups excluding tert-OH is 4. The van der Waals surface area contributed by atoms with Gasteiger partial charge in [0.15, 0.2) is 0 Å². The van der Waals surface area contributed by atoms with Crippen LogP contribution in [0, 0.1) is 0 Å². The van der Waals surface area contributed by atoms with Crippen molar-refractivity contribution in [2.45, 2.75) is 205 Å². The van der Waals surface area contributed by atoms with Crippen LogP contribution in [-0.2, 0) is 4.79 Å². The molecule has 1 amide bonds. The summed E-state index contributed by atoms with van der Waals surface area (Å²) < 4.78 is 0. The molecule has 6 heteroatoms. The van der Waals surface area contributed by atoms with E-state index in [9.17, 15) is 25.2 Å². The van der Waals surface area contributed by atoms with Crippen molar-refractivity contribution in [2.24, 2.45) is 0 Å². The summed E-state index contributed by atoms with van der Waals surface area (Å²) in [6, 6.07) is -0.983. The minimum Gasteiger partial charge on any atom is -0.394 e. The topological polar surface area (TPSA) is 110 Å². The van der Waals surface area contributed by atoms with Gasteiger partial charge in [0.1, 0.15) is 12.2 Å². The molecule has 0 aliphatic carbocycles. The molecule has 0 saturated heterocycles. The van der Waals surface area contributed by atoms with Crippen LogP contribution in [0.15, 0.2) is 12.2 Å². The van der Waals surface area contributed by atoms with E-state index in [1.54, 1.807) is 0 Å². The lowest BCUT2D eigenvalue weighted by atomic mass is 9.99. The zero-order valence-corrected chi connectivity index (χ0v) is 27.8. The minimum absolute atomic E-state index is 0.357. The van der Waals surface area contributed by atoms with Crippen molar-refractivity contribution in [3.63, 3.8) is 0 Å². The lowest BCUT2D eigenvalue weighted by molar-refractivity contribution is -0.132. The van der Waals surface area contributed by atoms with E-state index in [0.717, 1.165) is 51.4 Å². The molecule has 0 bridgehead atoms. The van der Waals surface area contributed by atoms with Crippen LogP contribution in [0.1, 0.15) is 181 Å². The maximum absolute atomic E-state index is 12.4. The van der Waals surface area contributed by atoms with Crippen LogP contribution < -0.4 is 5.32 Å². The first-order valence-electron chi connectivity index (χ1n) is 18.1. The van der Waals surface area contributed by atoms with Crippen LogP contribution in [-0.4, -0.2) is 57.3 Å². The van der Waals surface area contributed by atoms with Crippen LogP contribution in [0.4, 0.5) is 0 Å². The summed E-state index contributed by atoms with van der Waals surface area (Å²) in [6.07, 6.45) is 30.9. The molecule has 4 atom stereocenters. The number of allylic oxidation sites excluding steroid dienone is 2. The number of hydrogen-bond acceptors (Lipinski definition) is 5. The molecule has 0 radical (unpaired) electrons. The second-order valence-electron chi connectivity index (χ2n) is 12.6. The fraction of sp³-hybridized carbons (Fsp3) is 0.917. The van der Waals surface area contributed by atoms with Gasteiger partial charge in [0, 0.05) is 0 Å². The van der Waals surface area contributed by atoms with Crippen molar-refractivity contribution >= 4 is 5.91 Å². The van der Waals surface area contributed by atoms with E-state index in [2.05, 4.69) is 31.3 Å². The van der Waals surface area contributed by atoms with Crippen molar-refractivity contribution in [1.29, 1.82) is 0 Å². The predicted molar refractivity (Wildman–Crippen MR) is 178 cm³/mol. The highest BCUT2D eigenvalue weighted by molar-refractivity contribution is 5.80. The number of carbonyl (C=O) groups excluding carboxylic acids is 1. The Kier molecular flexibility index (Phi) is 30.8. The van der Waals surface area contributed by atoms with Gasteiger partial charge in [-0.15, -0.1) is 0 Å². The molecule has 5 N–H and O–H groups in total. The summed E-state index contributed by atoms with van der Waals surface area (Å²) >= 11 is 0. The highest BCUT2D eigenvalue weighted by Gasteiger charge is 2.28. The largest absolute Gasteiger partial charge is 0.394 e. The maximum atomic E-state index is 12.4. The van der Waals surface area contributed by atoms with E-state index in [0.29, 0.717) is 12.8 Å². The average molecular weight is 598 g/mol. The first-order valence-corrected chi connectivity index (χ1v) is 18.1. The Morgan fingerprint density at radius 2 is 0.952 bits per heavy atom. The Balaban J connectivity index is 3.81. The minimum atomic E-state index is -1.26. The number of carbonyl (C=O) groups is 1. The number of aliphatic hydroxyl groups is 4. The zero-order valence-electron chi connectivity index (χ0n) is 27.8. The Bertz CT molecular complexity index is 599. The highest BCUT2D eigenvalue weighted by Crippen LogP contribution is 2.15. The molecule has 0 aromatic heterocycles. The van der Waals surface area contributed by atoms with Crippen molar-refractivity contribution in [3.8, 4) is 0 Å². The Hall–Kier alpha value is -0.950. The fourth-order valence-electron chi connectivity index (χ4n) is 5.51. The highest BCUT2D eigenvalue weighted by atomic mass is 16.3. The van der Waals surface area contributed by atoms with Crippen molar-refractivity contribution in [3.05, 3.63) is 12.2 Å². The molecule has 6 nitrogen and oxygen atoms in total. The van der Waals surface area contributed by atoms with E-state index in [4.69, 9.17) is 0 Å². The molecule has 0 rings (SSSR count). The molecule has 250 valence electrons. The zero-order chi connectivity index (χ0) is 31.1. The average Bonchev–Trinajstić information content (AvgIpc) is 2.99. The monoisotopic (exact) mass is 598 g/mol. The Labute approximate surface area is 260 Å². The number of hydrogen-bond donors (Lipinski definition) is 5. The first-order chi connectivity index (χ1) is 20.5. The first kappa shape index (κ1) is 41.0. The second-order valence-corrected chi connectivity index (χ2v) is 12.6. The molecule has 42 heavy (non-hydrogen) atoms. The van der Waals surface area contributed by atoms with Gasteiger partial charge in [-0.2, -0.15) is 0 Å². The molecule has 0 spiro atoms. The van der Waals surface area contributed by atoms with Gasteiger partial charge in [-0.1, -0.05) is 154 Å². The molecule has 0 aromatic carbocycles. The van der Waals surface area contributed by atoms with Gasteiger partial charge in [0.25, 0.3) is 0 Å². The molecule has 0 heterocycles. The van der Waals surface area contributed by atoms with E-state index in [1.165, 1.54) is 103 Å². The van der Waals surface area contributed by atoms with Gasteiger partial charge in [0.2, 0.25) is 5.91 Å². The van der Waals surface area contributed by atoms with Crippen LogP contribution in [0.2, 0.25) is 0 Å². The van der Waals surface area contributed by atoms with E-state index < -0.39 is 36.9 Å². The lowest BCUT2D eigenvalue weighted by Crippen LogP contribution is -2.53. The van der Waals surface area contributed by atoms with Crippen LogP contribution >= 0.6 is 0 Å². The third-order valence-corrected chi connectivity index (χ3v) is 8.48. The SMILES string of the molecule is CCCCCCCCCCC/C=C\CCCCCCC(O)C(=O)NC(CO)C(O)C(O)CCCCCCCCCCC. The predicted octanol–water partition coefficient (Wildman–Crippen LogP) is 8.28. The molecular formula is C36H71NO5. The standard InChI is InChI=1S/C36H71NO5/c1-3-5-7-9-11-13-14-15-16-17-18-19-20-22-24-26-28-30-34(40)36(42)37-32(31-38)35(41)33(39)29-27-25-23-21-12-10-8-6-4-2/h18-19,32-35,38-41H,3-17,20-31H2,1-2H3,(H,37,42)/b19-18-. The smallest absolute Gasteiger partial charge is 0.249 e. The van der Waals surface area contributed by atoms with Crippen LogP contribution in [0.3, 0.4) is 0 Å². The van der Waals surface area contributed by atoms with Gasteiger partial charge in [0.05, 0.1) is 18.8 Å².